The largest absolute Gasteiger partial charge is 0.448 e. The van der Waals surface area contributed by atoms with Crippen molar-refractivity contribution < 1.29 is 19.0 Å². The number of rotatable bonds is 2. The molecule has 2 aromatic rings. The molecular weight excluding hydrogens is 500 g/mol. The first-order valence-corrected chi connectivity index (χ1v) is 15.6. The van der Waals surface area contributed by atoms with E-state index in [0.29, 0.717) is 26.3 Å². The van der Waals surface area contributed by atoms with Crippen molar-refractivity contribution in [2.45, 2.75) is 81.3 Å². The Morgan fingerprint density at radius 1 is 0.775 bits per heavy atom. The van der Waals surface area contributed by atoms with E-state index in [-0.39, 0.29) is 23.2 Å². The maximum absolute atomic E-state index is 12.9. The van der Waals surface area contributed by atoms with Crippen LogP contribution in [-0.4, -0.2) is 80.1 Å². The Morgan fingerprint density at radius 2 is 1.30 bits per heavy atom. The van der Waals surface area contributed by atoms with E-state index in [4.69, 9.17) is 14.2 Å². The molecule has 2 aromatic carbocycles. The number of fused-ring (bicyclic) bond motifs is 3. The molecule has 2 spiro atoms. The smallest absolute Gasteiger partial charge is 0.409 e. The summed E-state index contributed by atoms with van der Waals surface area (Å²) >= 11 is 0. The van der Waals surface area contributed by atoms with Gasteiger partial charge in [0, 0.05) is 25.6 Å². The number of nitrogens with zero attached hydrogens (tertiary/aromatic N) is 2. The van der Waals surface area contributed by atoms with Gasteiger partial charge in [0.25, 0.3) is 0 Å². The Hall–Kier alpha value is -2.41. The van der Waals surface area contributed by atoms with E-state index in [9.17, 15) is 4.79 Å². The molecule has 2 heterocycles. The summed E-state index contributed by atoms with van der Waals surface area (Å²) in [5.41, 5.74) is 5.13. The molecule has 6 heteroatoms. The topological polar surface area (TPSA) is 51.2 Å². The van der Waals surface area contributed by atoms with Crippen LogP contribution in [0, 0.1) is 0 Å². The van der Waals surface area contributed by atoms with Gasteiger partial charge in [-0.15, -0.1) is 0 Å². The van der Waals surface area contributed by atoms with Crippen molar-refractivity contribution >= 4 is 6.09 Å². The summed E-state index contributed by atoms with van der Waals surface area (Å²) in [5.74, 6) is 0.112. The zero-order chi connectivity index (χ0) is 27.4. The molecule has 0 bridgehead atoms. The molecule has 3 aliphatic carbocycles. The van der Waals surface area contributed by atoms with Crippen molar-refractivity contribution in [1.29, 1.82) is 0 Å². The van der Waals surface area contributed by atoms with E-state index in [1.54, 1.807) is 0 Å². The lowest BCUT2D eigenvalue weighted by molar-refractivity contribution is -0.121. The lowest BCUT2D eigenvalue weighted by atomic mass is 9.83. The second-order valence-corrected chi connectivity index (χ2v) is 12.6. The number of hydrogen-bond acceptors (Lipinski definition) is 5. The van der Waals surface area contributed by atoms with Crippen molar-refractivity contribution in [3.05, 3.63) is 59.7 Å². The first kappa shape index (κ1) is 27.7. The number of likely N-dealkylation sites (N-methyl/N-ethyl adjacent to an activating group) is 1. The third kappa shape index (κ3) is 5.95. The predicted octanol–water partition coefficient (Wildman–Crippen LogP) is 6.62. The van der Waals surface area contributed by atoms with Gasteiger partial charge in [0.15, 0.2) is 0 Å². The Morgan fingerprint density at radius 3 is 1.88 bits per heavy atom. The first-order chi connectivity index (χ1) is 19.6. The summed E-state index contributed by atoms with van der Waals surface area (Å²) < 4.78 is 17.9. The van der Waals surface area contributed by atoms with Crippen molar-refractivity contribution in [3.63, 3.8) is 0 Å². The maximum Gasteiger partial charge on any atom is 0.409 e. The third-order valence-corrected chi connectivity index (χ3v) is 9.81. The van der Waals surface area contributed by atoms with E-state index in [0.717, 1.165) is 32.5 Å². The van der Waals surface area contributed by atoms with Gasteiger partial charge in [-0.25, -0.2) is 4.79 Å². The van der Waals surface area contributed by atoms with Crippen LogP contribution in [0.4, 0.5) is 4.79 Å². The highest BCUT2D eigenvalue weighted by Crippen LogP contribution is 2.44. The molecule has 0 N–H and O–H groups in total. The molecule has 2 saturated carbocycles. The lowest BCUT2D eigenvalue weighted by Gasteiger charge is -2.44. The van der Waals surface area contributed by atoms with E-state index in [1.807, 2.05) is 4.90 Å². The zero-order valence-corrected chi connectivity index (χ0v) is 24.2. The highest BCUT2D eigenvalue weighted by atomic mass is 16.6. The maximum atomic E-state index is 12.9. The average molecular weight is 547 g/mol. The summed E-state index contributed by atoms with van der Waals surface area (Å²) in [6.45, 7) is 5.51. The van der Waals surface area contributed by atoms with Gasteiger partial charge in [-0.05, 0) is 55.0 Å². The minimum Gasteiger partial charge on any atom is -0.448 e. The number of morpholine rings is 2. The summed E-state index contributed by atoms with van der Waals surface area (Å²) in [7, 11) is 2.21. The minimum absolute atomic E-state index is 0.112. The quantitative estimate of drug-likeness (QED) is 0.424. The molecule has 1 amide bonds. The first-order valence-electron chi connectivity index (χ1n) is 15.6. The molecule has 7 rings (SSSR count). The minimum atomic E-state index is -0.199. The van der Waals surface area contributed by atoms with Crippen LogP contribution < -0.4 is 0 Å². The van der Waals surface area contributed by atoms with Crippen molar-refractivity contribution in [2.75, 3.05) is 53.0 Å². The van der Waals surface area contributed by atoms with Crippen LogP contribution in [0.25, 0.3) is 11.1 Å². The van der Waals surface area contributed by atoms with Gasteiger partial charge in [-0.3, -0.25) is 0 Å². The Kier molecular flexibility index (Phi) is 8.47. The van der Waals surface area contributed by atoms with Gasteiger partial charge in [0.2, 0.25) is 0 Å². The Labute approximate surface area is 240 Å². The van der Waals surface area contributed by atoms with E-state index < -0.39 is 0 Å². The fourth-order valence-corrected chi connectivity index (χ4v) is 7.72. The highest BCUT2D eigenvalue weighted by molar-refractivity contribution is 5.79. The van der Waals surface area contributed by atoms with Crippen LogP contribution in [0.2, 0.25) is 0 Å². The molecule has 6 nitrogen and oxygen atoms in total. The molecule has 0 atom stereocenters. The average Bonchev–Trinajstić information content (AvgIpc) is 3.30. The number of carbonyl (C=O) groups is 1. The summed E-state index contributed by atoms with van der Waals surface area (Å²) in [6, 6.07) is 16.9. The lowest BCUT2D eigenvalue weighted by Crippen LogP contribution is -2.54. The van der Waals surface area contributed by atoms with E-state index in [1.165, 1.54) is 73.6 Å². The van der Waals surface area contributed by atoms with E-state index >= 15 is 0 Å². The molecular formula is C34H46N2O4. The number of hydrogen-bond donors (Lipinski definition) is 0. The third-order valence-electron chi connectivity index (χ3n) is 9.81. The zero-order valence-electron chi connectivity index (χ0n) is 24.2. The number of benzene rings is 2. The number of carbonyl (C=O) groups excluding carboxylic acids is 1. The second-order valence-electron chi connectivity index (χ2n) is 12.6. The Balaban J connectivity index is 0.000000201. The van der Waals surface area contributed by atoms with E-state index in [2.05, 4.69) is 60.5 Å². The van der Waals surface area contributed by atoms with Crippen molar-refractivity contribution in [1.82, 2.24) is 9.80 Å². The van der Waals surface area contributed by atoms with Gasteiger partial charge in [0.1, 0.15) is 6.61 Å². The standard InChI is InChI=1S/C24H27NO3.C10H19NO/c26-23(25-14-15-28-24(17-25)12-6-1-7-13-24)27-16-22-20-10-4-2-8-18(20)19-9-3-5-11-21(19)22;1-11-7-8-12-10(9-11)5-3-2-4-6-10/h2-5,8-11,22H,1,6-7,12-17H2;2-9H2,1H3. The molecule has 2 aliphatic heterocycles. The monoisotopic (exact) mass is 546 g/mol. The van der Waals surface area contributed by atoms with Crippen LogP contribution in [0.3, 0.4) is 0 Å². The van der Waals surface area contributed by atoms with Gasteiger partial charge < -0.3 is 24.0 Å². The molecule has 0 unspecified atom stereocenters. The Bertz CT molecular complexity index is 1100. The summed E-state index contributed by atoms with van der Waals surface area (Å²) in [4.78, 5) is 17.1. The van der Waals surface area contributed by atoms with Crippen molar-refractivity contribution in [3.8, 4) is 11.1 Å². The molecule has 216 valence electrons. The van der Waals surface area contributed by atoms with Gasteiger partial charge in [-0.1, -0.05) is 87.1 Å². The van der Waals surface area contributed by atoms with Crippen LogP contribution in [-0.2, 0) is 14.2 Å². The second kappa shape index (κ2) is 12.2. The molecule has 4 fully saturated rings. The fourth-order valence-electron chi connectivity index (χ4n) is 7.72. The fraction of sp³-hybridized carbons (Fsp3) is 0.618. The molecule has 0 aromatic heterocycles. The van der Waals surface area contributed by atoms with Gasteiger partial charge >= 0.3 is 6.09 Å². The summed E-state index contributed by atoms with van der Waals surface area (Å²) in [5, 5.41) is 0. The predicted molar refractivity (Wildman–Crippen MR) is 158 cm³/mol. The number of ether oxygens (including phenoxy) is 3. The van der Waals surface area contributed by atoms with Gasteiger partial charge in [0.05, 0.1) is 31.0 Å². The molecule has 2 saturated heterocycles. The van der Waals surface area contributed by atoms with Gasteiger partial charge in [-0.2, -0.15) is 0 Å². The molecule has 40 heavy (non-hydrogen) atoms. The van der Waals surface area contributed by atoms with Crippen LogP contribution in [0.1, 0.15) is 81.3 Å². The SMILES string of the molecule is CN1CCOC2(CCCCC2)C1.O=C(OCC1c2ccccc2-c2ccccc21)N1CCOC2(CCCCC2)C1. The highest BCUT2D eigenvalue weighted by Gasteiger charge is 2.40. The van der Waals surface area contributed by atoms with Crippen LogP contribution in [0.15, 0.2) is 48.5 Å². The van der Waals surface area contributed by atoms with Crippen LogP contribution in [0.5, 0.6) is 0 Å². The molecule has 0 radical (unpaired) electrons. The number of amides is 1. The molecule has 5 aliphatic rings. The normalized spacial score (nSPS) is 23.7. The summed E-state index contributed by atoms with van der Waals surface area (Å²) in [6.07, 6.45) is 12.3. The van der Waals surface area contributed by atoms with Crippen molar-refractivity contribution in [2.24, 2.45) is 0 Å². The van der Waals surface area contributed by atoms with Crippen LogP contribution >= 0.6 is 0 Å².